The van der Waals surface area contributed by atoms with Crippen molar-refractivity contribution in [2.24, 2.45) is 0 Å². The lowest BCUT2D eigenvalue weighted by atomic mass is 9.81. The van der Waals surface area contributed by atoms with E-state index in [1.807, 2.05) is 25.1 Å². The lowest BCUT2D eigenvalue weighted by molar-refractivity contribution is 0.0697. The Balaban J connectivity index is 1.31. The van der Waals surface area contributed by atoms with Crippen molar-refractivity contribution >= 4 is 28.6 Å². The number of carbonyl (C=O) groups is 2. The van der Waals surface area contributed by atoms with Crippen molar-refractivity contribution < 1.29 is 14.7 Å². The average Bonchev–Trinajstić information content (AvgIpc) is 3.21. The number of hydrogen-bond acceptors (Lipinski definition) is 4. The van der Waals surface area contributed by atoms with Crippen molar-refractivity contribution in [2.75, 3.05) is 64.8 Å². The molecule has 1 N–H and O–H groups in total. The maximum Gasteiger partial charge on any atom is 0.335 e. The fourth-order valence-electron chi connectivity index (χ4n) is 7.07. The first-order chi connectivity index (χ1) is 19.4. The van der Waals surface area contributed by atoms with Gasteiger partial charge in [-0.2, -0.15) is 0 Å². The fraction of sp³-hybridized carbons (Fsp3) is 0.500. The van der Waals surface area contributed by atoms with Gasteiger partial charge >= 0.3 is 12.0 Å². The number of hydrogen-bond donors (Lipinski definition) is 1. The maximum atomic E-state index is 12.4. The number of para-hydroxylation sites is 1. The van der Waals surface area contributed by atoms with Crippen LogP contribution in [0.3, 0.4) is 0 Å². The van der Waals surface area contributed by atoms with Gasteiger partial charge in [0.2, 0.25) is 0 Å². The predicted octanol–water partition coefficient (Wildman–Crippen LogP) is 5.17. The van der Waals surface area contributed by atoms with Crippen molar-refractivity contribution in [1.29, 1.82) is 0 Å². The Morgan fingerprint density at radius 2 is 1.65 bits per heavy atom. The first-order valence-electron chi connectivity index (χ1n) is 14.8. The Labute approximate surface area is 236 Å². The van der Waals surface area contributed by atoms with E-state index >= 15 is 0 Å². The molecule has 8 nitrogen and oxygen atoms in total. The highest BCUT2D eigenvalue weighted by molar-refractivity contribution is 5.99. The molecule has 1 saturated carbocycles. The standard InChI is InChI=1S/C32H41N5O3/c1-33(2)32(40)36-18-15-34(16-19-36)14-17-35-20-21-37-28-22-24(31(38)39)12-13-25(28)29(23-8-4-3-5-9-23)30(37)26-10-6-7-11-27(26)35/h6-7,10-13,22-23H,3-5,8-9,14-21H2,1-2H3,(H,38,39). The van der Waals surface area contributed by atoms with Crippen molar-refractivity contribution in [3.05, 3.63) is 53.6 Å². The molecule has 3 aromatic rings. The molecule has 0 bridgehead atoms. The number of aromatic nitrogens is 1. The highest BCUT2D eigenvalue weighted by Gasteiger charge is 2.31. The Morgan fingerprint density at radius 1 is 0.900 bits per heavy atom. The molecular formula is C32H41N5O3. The molecule has 2 aromatic carbocycles. The first kappa shape index (κ1) is 26.7. The molecule has 2 fully saturated rings. The number of carboxylic acids is 1. The minimum Gasteiger partial charge on any atom is -0.478 e. The number of anilines is 1. The van der Waals surface area contributed by atoms with E-state index < -0.39 is 5.97 Å². The minimum atomic E-state index is -0.875. The third-order valence-electron chi connectivity index (χ3n) is 9.17. The van der Waals surface area contributed by atoms with Crippen LogP contribution in [0.25, 0.3) is 22.2 Å². The second kappa shape index (κ2) is 11.2. The average molecular weight is 544 g/mol. The smallest absolute Gasteiger partial charge is 0.335 e. The predicted molar refractivity (Wildman–Crippen MR) is 159 cm³/mol. The summed E-state index contributed by atoms with van der Waals surface area (Å²) >= 11 is 0. The number of piperazine rings is 1. The summed E-state index contributed by atoms with van der Waals surface area (Å²) in [4.78, 5) is 32.8. The van der Waals surface area contributed by atoms with E-state index in [9.17, 15) is 14.7 Å². The van der Waals surface area contributed by atoms with Gasteiger partial charge in [-0.3, -0.25) is 4.90 Å². The van der Waals surface area contributed by atoms with Crippen LogP contribution in [0.1, 0.15) is 53.9 Å². The quantitative estimate of drug-likeness (QED) is 0.481. The molecule has 212 valence electrons. The van der Waals surface area contributed by atoms with E-state index in [2.05, 4.69) is 44.7 Å². The topological polar surface area (TPSA) is 72.3 Å². The summed E-state index contributed by atoms with van der Waals surface area (Å²) in [5.74, 6) is -0.372. The molecule has 2 aliphatic heterocycles. The number of rotatable bonds is 5. The summed E-state index contributed by atoms with van der Waals surface area (Å²) in [5.41, 5.74) is 6.63. The summed E-state index contributed by atoms with van der Waals surface area (Å²) in [6.07, 6.45) is 6.20. The third kappa shape index (κ3) is 4.94. The normalized spacial score (nSPS) is 18.4. The van der Waals surface area contributed by atoms with Crippen LogP contribution < -0.4 is 4.90 Å². The number of aromatic carboxylic acids is 1. The molecule has 2 amide bonds. The van der Waals surface area contributed by atoms with Crippen molar-refractivity contribution in [2.45, 2.75) is 44.6 Å². The van der Waals surface area contributed by atoms with E-state index in [-0.39, 0.29) is 6.03 Å². The van der Waals surface area contributed by atoms with Gasteiger partial charge in [0.1, 0.15) is 0 Å². The van der Waals surface area contributed by atoms with Gasteiger partial charge in [0.05, 0.1) is 11.3 Å². The van der Waals surface area contributed by atoms with Crippen molar-refractivity contribution in [1.82, 2.24) is 19.3 Å². The zero-order valence-electron chi connectivity index (χ0n) is 23.8. The first-order valence-corrected chi connectivity index (χ1v) is 14.8. The highest BCUT2D eigenvalue weighted by atomic mass is 16.4. The SMILES string of the molecule is CN(C)C(=O)N1CCN(CCN2CCn3c(c(C4CCCCC4)c4ccc(C(=O)O)cc43)-c3ccccc32)CC1. The zero-order valence-corrected chi connectivity index (χ0v) is 23.8. The number of urea groups is 1. The van der Waals surface area contributed by atoms with Crippen LogP contribution >= 0.6 is 0 Å². The molecular weight excluding hydrogens is 502 g/mol. The summed E-state index contributed by atoms with van der Waals surface area (Å²) in [7, 11) is 3.62. The molecule has 1 saturated heterocycles. The fourth-order valence-corrected chi connectivity index (χ4v) is 7.07. The van der Waals surface area contributed by atoms with Crippen LogP contribution in [0, 0.1) is 0 Å². The monoisotopic (exact) mass is 543 g/mol. The largest absolute Gasteiger partial charge is 0.478 e. The molecule has 3 heterocycles. The van der Waals surface area contributed by atoms with Crippen LogP contribution in [0.5, 0.6) is 0 Å². The van der Waals surface area contributed by atoms with E-state index in [1.54, 1.807) is 11.0 Å². The van der Waals surface area contributed by atoms with Crippen LogP contribution in [0.4, 0.5) is 10.5 Å². The van der Waals surface area contributed by atoms with Gasteiger partial charge < -0.3 is 24.4 Å². The Morgan fingerprint density at radius 3 is 2.38 bits per heavy atom. The van der Waals surface area contributed by atoms with E-state index in [0.29, 0.717) is 11.5 Å². The van der Waals surface area contributed by atoms with Crippen molar-refractivity contribution in [3.63, 3.8) is 0 Å². The molecule has 0 radical (unpaired) electrons. The molecule has 1 aliphatic carbocycles. The zero-order chi connectivity index (χ0) is 27.8. The van der Waals surface area contributed by atoms with E-state index in [4.69, 9.17) is 0 Å². The summed E-state index contributed by atoms with van der Waals surface area (Å²) in [6.45, 7) is 6.87. The van der Waals surface area contributed by atoms with E-state index in [1.165, 1.54) is 60.0 Å². The van der Waals surface area contributed by atoms with Gasteiger partial charge in [0.15, 0.2) is 0 Å². The van der Waals surface area contributed by atoms with Crippen LogP contribution in [-0.2, 0) is 6.54 Å². The van der Waals surface area contributed by atoms with Gasteiger partial charge in [-0.15, -0.1) is 0 Å². The van der Waals surface area contributed by atoms with Crippen LogP contribution in [0.2, 0.25) is 0 Å². The van der Waals surface area contributed by atoms with E-state index in [0.717, 1.165) is 57.9 Å². The van der Waals surface area contributed by atoms with Crippen molar-refractivity contribution in [3.8, 4) is 11.3 Å². The maximum absolute atomic E-state index is 12.4. The van der Waals surface area contributed by atoms with Crippen LogP contribution in [0.15, 0.2) is 42.5 Å². The van der Waals surface area contributed by atoms with Gasteiger partial charge in [-0.1, -0.05) is 43.5 Å². The van der Waals surface area contributed by atoms with Gasteiger partial charge in [-0.25, -0.2) is 9.59 Å². The Bertz CT molecular complexity index is 1400. The number of nitrogens with zero attached hydrogens (tertiary/aromatic N) is 5. The van der Waals surface area contributed by atoms with Gasteiger partial charge in [0.25, 0.3) is 0 Å². The minimum absolute atomic E-state index is 0.0927. The highest BCUT2D eigenvalue weighted by Crippen LogP contribution is 2.47. The van der Waals surface area contributed by atoms with Crippen LogP contribution in [-0.4, -0.2) is 96.3 Å². The Hall–Kier alpha value is -3.52. The van der Waals surface area contributed by atoms with Gasteiger partial charge in [0, 0.05) is 88.6 Å². The molecule has 0 unspecified atom stereocenters. The number of carboxylic acid groups (broad SMARTS) is 1. The molecule has 0 atom stereocenters. The Kier molecular flexibility index (Phi) is 7.45. The lowest BCUT2D eigenvalue weighted by Crippen LogP contribution is -2.52. The lowest BCUT2D eigenvalue weighted by Gasteiger charge is -2.37. The summed E-state index contributed by atoms with van der Waals surface area (Å²) in [6, 6.07) is 14.6. The molecule has 3 aliphatic rings. The summed E-state index contributed by atoms with van der Waals surface area (Å²) in [5, 5.41) is 11.0. The second-order valence-corrected chi connectivity index (χ2v) is 11.8. The molecule has 0 spiro atoms. The molecule has 40 heavy (non-hydrogen) atoms. The third-order valence-corrected chi connectivity index (χ3v) is 9.17. The second-order valence-electron chi connectivity index (χ2n) is 11.8. The van der Waals surface area contributed by atoms with Gasteiger partial charge in [-0.05, 0) is 42.5 Å². The number of amides is 2. The molecule has 6 rings (SSSR count). The number of benzene rings is 2. The summed E-state index contributed by atoms with van der Waals surface area (Å²) < 4.78 is 2.41. The number of fused-ring (bicyclic) bond motifs is 5. The molecule has 8 heteroatoms. The number of carbonyl (C=O) groups excluding carboxylic acids is 1. The molecule has 1 aromatic heterocycles.